The molecule has 108 valence electrons. The Labute approximate surface area is 114 Å². The second kappa shape index (κ2) is 6.19. The second-order valence-corrected chi connectivity index (χ2v) is 5.55. The highest BCUT2D eigenvalue weighted by molar-refractivity contribution is 5.79. The summed E-state index contributed by atoms with van der Waals surface area (Å²) in [7, 11) is 0. The minimum atomic E-state index is -0.449. The molecule has 1 aromatic rings. The summed E-state index contributed by atoms with van der Waals surface area (Å²) in [5.41, 5.74) is 2.46. The van der Waals surface area contributed by atoms with Crippen LogP contribution in [0.3, 0.4) is 0 Å². The van der Waals surface area contributed by atoms with Crippen molar-refractivity contribution in [1.82, 2.24) is 15.5 Å². The van der Waals surface area contributed by atoms with Crippen LogP contribution < -0.4 is 5.32 Å². The van der Waals surface area contributed by atoms with Crippen molar-refractivity contribution in [2.75, 3.05) is 6.54 Å². The van der Waals surface area contributed by atoms with E-state index in [0.717, 1.165) is 23.4 Å². The molecular formula is C14H25N3O2. The zero-order valence-electron chi connectivity index (χ0n) is 12.5. The molecule has 0 radical (unpaired) electrons. The molecule has 19 heavy (non-hydrogen) atoms. The zero-order chi connectivity index (χ0) is 14.6. The van der Waals surface area contributed by atoms with Crippen LogP contribution in [-0.2, 0) is 11.2 Å². The van der Waals surface area contributed by atoms with Gasteiger partial charge in [0, 0.05) is 23.2 Å². The predicted octanol–water partition coefficient (Wildman–Crippen LogP) is 1.48. The Morgan fingerprint density at radius 2 is 2.16 bits per heavy atom. The summed E-state index contributed by atoms with van der Waals surface area (Å²) < 4.78 is 0. The number of aliphatic hydroxyl groups is 1. The summed E-state index contributed by atoms with van der Waals surface area (Å²) in [4.78, 5) is 12.0. The summed E-state index contributed by atoms with van der Waals surface area (Å²) in [5, 5.41) is 19.6. The molecule has 3 N–H and O–H groups in total. The maximum atomic E-state index is 12.0. The Kier molecular flexibility index (Phi) is 5.11. The van der Waals surface area contributed by atoms with E-state index in [4.69, 9.17) is 0 Å². The first-order chi connectivity index (χ1) is 8.80. The van der Waals surface area contributed by atoms with E-state index in [-0.39, 0.29) is 11.3 Å². The Balaban J connectivity index is 2.58. The van der Waals surface area contributed by atoms with Gasteiger partial charge >= 0.3 is 0 Å². The Hall–Kier alpha value is -1.36. The molecule has 0 saturated heterocycles. The summed E-state index contributed by atoms with van der Waals surface area (Å²) >= 11 is 0. The minimum absolute atomic E-state index is 0.0343. The fourth-order valence-corrected chi connectivity index (χ4v) is 1.93. The van der Waals surface area contributed by atoms with Crippen molar-refractivity contribution >= 4 is 5.91 Å². The Bertz CT molecular complexity index is 420. The molecule has 0 fully saturated rings. The lowest BCUT2D eigenvalue weighted by Gasteiger charge is -2.31. The van der Waals surface area contributed by atoms with Crippen LogP contribution in [0.15, 0.2) is 0 Å². The van der Waals surface area contributed by atoms with E-state index >= 15 is 0 Å². The number of rotatable bonds is 6. The van der Waals surface area contributed by atoms with E-state index in [1.165, 1.54) is 0 Å². The third-order valence-electron chi connectivity index (χ3n) is 4.12. The standard InChI is InChI=1S/C14H25N3O2/c1-6-14(5,11(4)18)8-15-13(19)7-12-9(2)16-17-10(12)3/h11,18H,6-8H2,1-5H3,(H,15,19)(H,16,17)/t11-,14+/m1/s1. The van der Waals surface area contributed by atoms with Crippen LogP contribution >= 0.6 is 0 Å². The van der Waals surface area contributed by atoms with Crippen molar-refractivity contribution in [1.29, 1.82) is 0 Å². The van der Waals surface area contributed by atoms with Gasteiger partial charge in [-0.2, -0.15) is 5.10 Å². The number of nitrogens with zero attached hydrogens (tertiary/aromatic N) is 1. The van der Waals surface area contributed by atoms with Crippen LogP contribution in [0, 0.1) is 19.3 Å². The van der Waals surface area contributed by atoms with Crippen LogP contribution in [0.25, 0.3) is 0 Å². The number of aromatic nitrogens is 2. The molecule has 1 aromatic heterocycles. The maximum Gasteiger partial charge on any atom is 0.224 e. The molecule has 0 bridgehead atoms. The third kappa shape index (κ3) is 3.80. The first-order valence-electron chi connectivity index (χ1n) is 6.75. The first-order valence-corrected chi connectivity index (χ1v) is 6.75. The van der Waals surface area contributed by atoms with E-state index < -0.39 is 6.10 Å². The number of aliphatic hydroxyl groups excluding tert-OH is 1. The smallest absolute Gasteiger partial charge is 0.224 e. The van der Waals surface area contributed by atoms with Gasteiger partial charge in [0.15, 0.2) is 0 Å². The van der Waals surface area contributed by atoms with Crippen molar-refractivity contribution in [3.63, 3.8) is 0 Å². The molecule has 0 spiro atoms. The van der Waals surface area contributed by atoms with Crippen molar-refractivity contribution < 1.29 is 9.90 Å². The van der Waals surface area contributed by atoms with Crippen molar-refractivity contribution in [3.8, 4) is 0 Å². The van der Waals surface area contributed by atoms with Crippen molar-refractivity contribution in [2.24, 2.45) is 5.41 Å². The molecule has 1 rings (SSSR count). The highest BCUT2D eigenvalue weighted by atomic mass is 16.3. The number of aryl methyl sites for hydroxylation is 2. The zero-order valence-corrected chi connectivity index (χ0v) is 12.5. The Morgan fingerprint density at radius 3 is 2.58 bits per heavy atom. The molecule has 5 nitrogen and oxygen atoms in total. The number of carbonyl (C=O) groups excluding carboxylic acids is 1. The number of nitrogens with one attached hydrogen (secondary N) is 2. The van der Waals surface area contributed by atoms with E-state index in [9.17, 15) is 9.90 Å². The topological polar surface area (TPSA) is 78.0 Å². The van der Waals surface area contributed by atoms with Crippen molar-refractivity contribution in [3.05, 3.63) is 17.0 Å². The van der Waals surface area contributed by atoms with E-state index in [2.05, 4.69) is 15.5 Å². The number of aromatic amines is 1. The van der Waals surface area contributed by atoms with E-state index in [1.54, 1.807) is 6.92 Å². The average Bonchev–Trinajstić information content (AvgIpc) is 2.67. The molecule has 1 amide bonds. The SMILES string of the molecule is CC[C@@](C)(CNC(=O)Cc1c(C)n[nH]c1C)[C@@H](C)O. The molecule has 0 aliphatic rings. The quantitative estimate of drug-likeness (QED) is 0.730. The Morgan fingerprint density at radius 1 is 1.53 bits per heavy atom. The monoisotopic (exact) mass is 267 g/mol. The van der Waals surface area contributed by atoms with Crippen LogP contribution in [0.1, 0.15) is 44.1 Å². The lowest BCUT2D eigenvalue weighted by atomic mass is 9.82. The number of hydrogen-bond acceptors (Lipinski definition) is 3. The summed E-state index contributed by atoms with van der Waals surface area (Å²) in [6.45, 7) is 10.0. The molecule has 0 aromatic carbocycles. The summed E-state index contributed by atoms with van der Waals surface area (Å²) in [5.74, 6) is -0.0343. The molecule has 0 aliphatic carbocycles. The van der Waals surface area contributed by atoms with Crippen LogP contribution in [0.2, 0.25) is 0 Å². The van der Waals surface area contributed by atoms with Gasteiger partial charge in [0.1, 0.15) is 0 Å². The molecular weight excluding hydrogens is 242 g/mol. The maximum absolute atomic E-state index is 12.0. The van der Waals surface area contributed by atoms with Crippen LogP contribution in [-0.4, -0.2) is 33.9 Å². The summed E-state index contributed by atoms with van der Waals surface area (Å²) in [6, 6.07) is 0. The van der Waals surface area contributed by atoms with Gasteiger partial charge in [-0.1, -0.05) is 13.8 Å². The van der Waals surface area contributed by atoms with Crippen LogP contribution in [0.4, 0.5) is 0 Å². The molecule has 5 heteroatoms. The van der Waals surface area contributed by atoms with Gasteiger partial charge in [-0.25, -0.2) is 0 Å². The minimum Gasteiger partial charge on any atom is -0.393 e. The van der Waals surface area contributed by atoms with Crippen LogP contribution in [0.5, 0.6) is 0 Å². The molecule has 0 saturated carbocycles. The van der Waals surface area contributed by atoms with E-state index in [0.29, 0.717) is 13.0 Å². The molecule has 0 aliphatic heterocycles. The average molecular weight is 267 g/mol. The third-order valence-corrected chi connectivity index (χ3v) is 4.12. The van der Waals surface area contributed by atoms with Gasteiger partial charge < -0.3 is 10.4 Å². The number of carbonyl (C=O) groups is 1. The van der Waals surface area contributed by atoms with Gasteiger partial charge in [0.25, 0.3) is 0 Å². The van der Waals surface area contributed by atoms with Gasteiger partial charge in [-0.3, -0.25) is 9.89 Å². The molecule has 2 atom stereocenters. The highest BCUT2D eigenvalue weighted by Crippen LogP contribution is 2.24. The van der Waals surface area contributed by atoms with Gasteiger partial charge in [-0.15, -0.1) is 0 Å². The van der Waals surface area contributed by atoms with Gasteiger partial charge in [-0.05, 0) is 27.2 Å². The molecule has 1 heterocycles. The number of H-pyrrole nitrogens is 1. The fourth-order valence-electron chi connectivity index (χ4n) is 1.93. The molecule has 0 unspecified atom stereocenters. The van der Waals surface area contributed by atoms with Gasteiger partial charge in [0.05, 0.1) is 18.2 Å². The second-order valence-electron chi connectivity index (χ2n) is 5.55. The first kappa shape index (κ1) is 15.7. The van der Waals surface area contributed by atoms with Crippen molar-refractivity contribution in [2.45, 2.75) is 53.6 Å². The van der Waals surface area contributed by atoms with Gasteiger partial charge in [0.2, 0.25) is 5.91 Å². The largest absolute Gasteiger partial charge is 0.393 e. The summed E-state index contributed by atoms with van der Waals surface area (Å²) in [6.07, 6.45) is 0.692. The number of amides is 1. The van der Waals surface area contributed by atoms with E-state index in [1.807, 2.05) is 27.7 Å². The normalized spacial score (nSPS) is 15.9. The highest BCUT2D eigenvalue weighted by Gasteiger charge is 2.28. The lowest BCUT2D eigenvalue weighted by Crippen LogP contribution is -2.42. The fraction of sp³-hybridized carbons (Fsp3) is 0.714. The predicted molar refractivity (Wildman–Crippen MR) is 74.9 cm³/mol. The number of hydrogen-bond donors (Lipinski definition) is 3. The lowest BCUT2D eigenvalue weighted by molar-refractivity contribution is -0.121.